The van der Waals surface area contributed by atoms with Gasteiger partial charge < -0.3 is 31.0 Å². The predicted octanol–water partition coefficient (Wildman–Crippen LogP) is -1.19. The molecule has 0 radical (unpaired) electrons. The first-order chi connectivity index (χ1) is 22.9. The van der Waals surface area contributed by atoms with Crippen molar-refractivity contribution < 1.29 is 46.8 Å². The first-order valence-electron chi connectivity index (χ1n) is 14.5. The number of aromatic nitrogens is 4. The van der Waals surface area contributed by atoms with E-state index in [1.54, 1.807) is 12.1 Å². The molecule has 1 unspecified atom stereocenters. The number of piperidine rings is 1. The fourth-order valence-corrected chi connectivity index (χ4v) is 7.21. The number of fused-ring (bicyclic) bond motifs is 1. The van der Waals surface area contributed by atoms with Gasteiger partial charge in [0, 0.05) is 36.5 Å². The highest BCUT2D eigenvalue weighted by Crippen LogP contribution is 2.41. The van der Waals surface area contributed by atoms with Crippen LogP contribution >= 0.6 is 11.3 Å². The Balaban J connectivity index is 1.11. The molecule has 0 spiro atoms. The fraction of sp³-hybridized carbons (Fsp3) is 0.407. The number of hydrogen-bond donors (Lipinski definition) is 5. The molecule has 3 aromatic rings. The van der Waals surface area contributed by atoms with E-state index in [4.69, 9.17) is 15.3 Å². The predicted molar refractivity (Wildman–Crippen MR) is 164 cm³/mol. The average molecular weight is 704 g/mol. The third kappa shape index (κ3) is 6.98. The number of benzene rings is 1. The quantitative estimate of drug-likeness (QED) is 0.0539. The maximum atomic E-state index is 13.5. The second-order valence-electron chi connectivity index (χ2n) is 11.3. The number of oxime groups is 1. The van der Waals surface area contributed by atoms with Gasteiger partial charge in [-0.3, -0.25) is 23.6 Å². The first-order valence-corrected chi connectivity index (χ1v) is 16.8. The van der Waals surface area contributed by atoms with Gasteiger partial charge in [0.25, 0.3) is 12.0 Å². The van der Waals surface area contributed by atoms with Crippen molar-refractivity contribution in [2.75, 3.05) is 25.4 Å². The Morgan fingerprint density at radius 3 is 2.54 bits per heavy atom. The standard InChI is InChI=1S/C27H29N9O10S2/c28-27-32-18(10-47-27)23(20(37)5-15-19(8-35-12-30-11-31-35)36(25(15)39)48(42,43)44)34-46-21(26(40)41)9-45-14-3-1-13(2-4-14)24(38)33-22-16-6-29-7-17(16)22/h1-4,10-12,15-17,19,21-22,29H,5-9H2,(H2,28,32)(H,33,38)(H,40,41)(H,42,43,44)/b34-23-/t15-,16-,17+,19+,21-,22?/m0/s1. The van der Waals surface area contributed by atoms with Gasteiger partial charge in [-0.1, -0.05) is 5.16 Å². The minimum atomic E-state index is -4.95. The average Bonchev–Trinajstić information content (AvgIpc) is 3.57. The highest BCUT2D eigenvalue weighted by Gasteiger charge is 2.55. The van der Waals surface area contributed by atoms with Crippen LogP contribution in [-0.4, -0.2) is 109 Å². The van der Waals surface area contributed by atoms with E-state index in [1.165, 1.54) is 34.8 Å². The van der Waals surface area contributed by atoms with Crippen molar-refractivity contribution in [2.45, 2.75) is 31.2 Å². The van der Waals surface area contributed by atoms with Gasteiger partial charge in [0.15, 0.2) is 16.6 Å². The summed E-state index contributed by atoms with van der Waals surface area (Å²) in [6.07, 6.45) is 0.131. The monoisotopic (exact) mass is 703 g/mol. The Morgan fingerprint density at radius 1 is 1.21 bits per heavy atom. The summed E-state index contributed by atoms with van der Waals surface area (Å²) >= 11 is 0.958. The number of carbonyl (C=O) groups is 4. The Hall–Kier alpha value is -4.99. The van der Waals surface area contributed by atoms with Gasteiger partial charge in [-0.25, -0.2) is 19.1 Å². The third-order valence-corrected chi connectivity index (χ3v) is 9.90. The molecule has 6 rings (SSSR count). The van der Waals surface area contributed by atoms with E-state index >= 15 is 0 Å². The molecule has 21 heteroatoms. The summed E-state index contributed by atoms with van der Waals surface area (Å²) in [5.74, 6) is -3.66. The number of hydrogen-bond acceptors (Lipinski definition) is 15. The molecule has 3 fully saturated rings. The number of ether oxygens (including phenoxy) is 1. The summed E-state index contributed by atoms with van der Waals surface area (Å²) in [4.78, 5) is 63.7. The Kier molecular flexibility index (Phi) is 9.09. The molecule has 1 aliphatic carbocycles. The SMILES string of the molecule is Nc1nc(/C(=N/O[C@@H](COc2ccc(C(=O)NC3[C@H]4CNC[C@@H]34)cc2)C(=O)O)C(=O)C[C@@H]2C(=O)N(S(=O)(=O)O)[C@@H]2Cn2cncn2)cs1. The smallest absolute Gasteiger partial charge is 0.362 e. The molecule has 6 N–H and O–H groups in total. The largest absolute Gasteiger partial charge is 0.489 e. The number of carboxylic acids is 1. The molecule has 48 heavy (non-hydrogen) atoms. The number of anilines is 1. The molecule has 2 saturated heterocycles. The topological polar surface area (TPSA) is 271 Å². The fourth-order valence-electron chi connectivity index (χ4n) is 5.74. The van der Waals surface area contributed by atoms with Gasteiger partial charge >= 0.3 is 16.3 Å². The summed E-state index contributed by atoms with van der Waals surface area (Å²) in [7, 11) is -4.95. The number of carboxylic acid groups (broad SMARTS) is 1. The highest BCUT2D eigenvalue weighted by atomic mass is 32.2. The zero-order valence-electron chi connectivity index (χ0n) is 24.8. The van der Waals surface area contributed by atoms with Gasteiger partial charge in [-0.05, 0) is 36.1 Å². The van der Waals surface area contributed by atoms with Crippen molar-refractivity contribution in [2.24, 2.45) is 22.9 Å². The van der Waals surface area contributed by atoms with Crippen LogP contribution in [0.4, 0.5) is 5.13 Å². The van der Waals surface area contributed by atoms with E-state index in [2.05, 4.69) is 30.9 Å². The number of thiazole rings is 1. The lowest BCUT2D eigenvalue weighted by Crippen LogP contribution is -2.64. The second-order valence-corrected chi connectivity index (χ2v) is 13.5. The van der Waals surface area contributed by atoms with Gasteiger partial charge in [0.1, 0.15) is 30.7 Å². The van der Waals surface area contributed by atoms with Crippen molar-refractivity contribution in [1.29, 1.82) is 0 Å². The maximum Gasteiger partial charge on any atom is 0.362 e. The minimum absolute atomic E-state index is 0.0547. The zero-order chi connectivity index (χ0) is 34.2. The highest BCUT2D eigenvalue weighted by molar-refractivity contribution is 7.84. The number of Topliss-reactive ketones (excluding diaryl/α,β-unsaturated/α-hetero) is 1. The molecule has 1 aromatic carbocycles. The maximum absolute atomic E-state index is 13.5. The molecule has 1 saturated carbocycles. The number of rotatable bonds is 15. The van der Waals surface area contributed by atoms with Gasteiger partial charge in [0.2, 0.25) is 5.91 Å². The van der Waals surface area contributed by atoms with Gasteiger partial charge in [0.05, 0.1) is 18.5 Å². The summed E-state index contributed by atoms with van der Waals surface area (Å²) in [5.41, 5.74) is 5.59. The number of amides is 2. The lowest BCUT2D eigenvalue weighted by Gasteiger charge is -2.43. The Bertz CT molecular complexity index is 1840. The minimum Gasteiger partial charge on any atom is -0.489 e. The van der Waals surface area contributed by atoms with Crippen LogP contribution in [0.25, 0.3) is 0 Å². The lowest BCUT2D eigenvalue weighted by molar-refractivity contribution is -0.152. The van der Waals surface area contributed by atoms with Crippen LogP contribution < -0.4 is 21.1 Å². The number of β-lactam (4-membered cyclic amide) rings is 1. The van der Waals surface area contributed by atoms with Gasteiger partial charge in [-0.15, -0.1) is 11.3 Å². The number of nitrogens with zero attached hydrogens (tertiary/aromatic N) is 6. The number of carbonyl (C=O) groups excluding carboxylic acids is 3. The zero-order valence-corrected chi connectivity index (χ0v) is 26.4. The molecule has 2 aliphatic heterocycles. The lowest BCUT2D eigenvalue weighted by atomic mass is 9.84. The molecule has 0 bridgehead atoms. The van der Waals surface area contributed by atoms with E-state index in [1.807, 2.05) is 0 Å². The van der Waals surface area contributed by atoms with Crippen molar-refractivity contribution in [1.82, 2.24) is 34.7 Å². The van der Waals surface area contributed by atoms with Crippen molar-refractivity contribution in [3.63, 3.8) is 0 Å². The van der Waals surface area contributed by atoms with Crippen molar-refractivity contribution in [3.8, 4) is 5.75 Å². The van der Waals surface area contributed by atoms with E-state index in [-0.39, 0.29) is 39.4 Å². The molecule has 4 heterocycles. The molecule has 6 atom stereocenters. The summed E-state index contributed by atoms with van der Waals surface area (Å²) in [6.45, 7) is 1.01. The van der Waals surface area contributed by atoms with E-state index in [0.717, 1.165) is 24.4 Å². The summed E-state index contributed by atoms with van der Waals surface area (Å²) in [5, 5.41) is 25.1. The first kappa shape index (κ1) is 32.9. The summed E-state index contributed by atoms with van der Waals surface area (Å²) in [6, 6.07) is 5.05. The molecule has 254 valence electrons. The van der Waals surface area contributed by atoms with Crippen LogP contribution in [0.1, 0.15) is 22.5 Å². The molecule has 2 aromatic heterocycles. The number of ketones is 1. The number of nitrogens with one attached hydrogen (secondary N) is 2. The number of nitrogens with two attached hydrogens (primary N) is 1. The Labute approximate surface area is 276 Å². The van der Waals surface area contributed by atoms with Gasteiger partial charge in [-0.2, -0.15) is 13.5 Å². The van der Waals surface area contributed by atoms with E-state index in [9.17, 15) is 37.3 Å². The Morgan fingerprint density at radius 2 is 1.94 bits per heavy atom. The molecule has 19 nitrogen and oxygen atoms in total. The second kappa shape index (κ2) is 13.3. The normalized spacial score (nSPS) is 23.9. The molecular formula is C27H29N9O10S2. The van der Waals surface area contributed by atoms with Crippen molar-refractivity contribution >= 4 is 56.1 Å². The van der Waals surface area contributed by atoms with Crippen LogP contribution in [0.2, 0.25) is 0 Å². The van der Waals surface area contributed by atoms with E-state index < -0.39 is 64.8 Å². The van der Waals surface area contributed by atoms with Crippen LogP contribution in [0.3, 0.4) is 0 Å². The molecular weight excluding hydrogens is 674 g/mol. The third-order valence-electron chi connectivity index (χ3n) is 8.28. The van der Waals surface area contributed by atoms with Crippen LogP contribution in [-0.2, 0) is 36.1 Å². The number of nitrogen functional groups attached to an aromatic ring is 1. The van der Waals surface area contributed by atoms with Crippen LogP contribution in [0.5, 0.6) is 5.75 Å². The summed E-state index contributed by atoms with van der Waals surface area (Å²) < 4.78 is 40.3. The van der Waals surface area contributed by atoms with Crippen molar-refractivity contribution in [3.05, 3.63) is 53.6 Å². The molecule has 3 aliphatic rings. The number of aliphatic carboxylic acids is 1. The van der Waals surface area contributed by atoms with E-state index in [0.29, 0.717) is 17.4 Å². The van der Waals surface area contributed by atoms with Crippen LogP contribution in [0.15, 0.2) is 47.5 Å². The van der Waals surface area contributed by atoms with Crippen LogP contribution in [0, 0.1) is 17.8 Å². The molecule has 2 amide bonds.